The quantitative estimate of drug-likeness (QED) is 0.532. The molecule has 0 fully saturated rings. The largest absolute Gasteiger partial charge is 0.253 e. The Morgan fingerprint density at radius 1 is 0.958 bits per heavy atom. The maximum atomic E-state index is 13.7. The van der Waals surface area contributed by atoms with Crippen LogP contribution in [0.25, 0.3) is 17.2 Å². The van der Waals surface area contributed by atoms with Gasteiger partial charge < -0.3 is 0 Å². The van der Waals surface area contributed by atoms with Crippen LogP contribution >= 0.6 is 11.8 Å². The summed E-state index contributed by atoms with van der Waals surface area (Å²) in [5.74, 6) is 0.884. The number of benzene rings is 1. The Labute approximate surface area is 141 Å². The fourth-order valence-corrected chi connectivity index (χ4v) is 3.11. The summed E-state index contributed by atoms with van der Waals surface area (Å²) in [4.78, 5) is 4.29. The van der Waals surface area contributed by atoms with Crippen molar-refractivity contribution in [1.29, 1.82) is 0 Å². The number of aromatic nitrogens is 5. The molecule has 0 atom stereocenters. The fourth-order valence-electron chi connectivity index (χ4n) is 2.27. The standard InChI is InChI=1S/C17H12FN5S/c18-13-6-2-1-5-12(13)11-24-16-9-8-15-20-21-17(23(15)22-16)14-7-3-4-10-19-14/h1-10H,11H2. The number of nitrogens with zero attached hydrogens (tertiary/aromatic N) is 5. The zero-order chi connectivity index (χ0) is 16.4. The van der Waals surface area contributed by atoms with Crippen molar-refractivity contribution in [3.05, 3.63) is 72.2 Å². The topological polar surface area (TPSA) is 56.0 Å². The highest BCUT2D eigenvalue weighted by Gasteiger charge is 2.11. The number of hydrogen-bond acceptors (Lipinski definition) is 5. The SMILES string of the molecule is Fc1ccccc1CSc1ccc2nnc(-c3ccccn3)n2n1. The van der Waals surface area contributed by atoms with Crippen molar-refractivity contribution in [3.8, 4) is 11.5 Å². The van der Waals surface area contributed by atoms with Gasteiger partial charge in [0.1, 0.15) is 16.5 Å². The van der Waals surface area contributed by atoms with Gasteiger partial charge in [0.25, 0.3) is 0 Å². The molecule has 5 nitrogen and oxygen atoms in total. The Balaban J connectivity index is 1.64. The minimum Gasteiger partial charge on any atom is -0.253 e. The third kappa shape index (κ3) is 2.85. The van der Waals surface area contributed by atoms with Crippen LogP contribution in [0.15, 0.2) is 65.8 Å². The monoisotopic (exact) mass is 337 g/mol. The first kappa shape index (κ1) is 14.8. The summed E-state index contributed by atoms with van der Waals surface area (Å²) >= 11 is 1.46. The van der Waals surface area contributed by atoms with Crippen molar-refractivity contribution < 1.29 is 4.39 Å². The Hall–Kier alpha value is -2.80. The van der Waals surface area contributed by atoms with Crippen molar-refractivity contribution in [2.75, 3.05) is 0 Å². The molecule has 0 radical (unpaired) electrons. The molecule has 3 aromatic heterocycles. The van der Waals surface area contributed by atoms with Crippen molar-refractivity contribution >= 4 is 17.4 Å². The maximum Gasteiger partial charge on any atom is 0.203 e. The Kier molecular flexibility index (Phi) is 3.92. The fraction of sp³-hybridized carbons (Fsp3) is 0.0588. The van der Waals surface area contributed by atoms with Crippen molar-refractivity contribution in [3.63, 3.8) is 0 Å². The van der Waals surface area contributed by atoms with Crippen molar-refractivity contribution in [1.82, 2.24) is 24.8 Å². The van der Waals surface area contributed by atoms with Crippen LogP contribution in [0.5, 0.6) is 0 Å². The van der Waals surface area contributed by atoms with Crippen LogP contribution in [-0.2, 0) is 5.75 Å². The summed E-state index contributed by atoms with van der Waals surface area (Å²) in [5, 5.41) is 13.6. The normalized spacial score (nSPS) is 11.0. The third-order valence-electron chi connectivity index (χ3n) is 3.47. The predicted octanol–water partition coefficient (Wildman–Crippen LogP) is 3.62. The summed E-state index contributed by atoms with van der Waals surface area (Å²) < 4.78 is 15.4. The molecule has 4 aromatic rings. The van der Waals surface area contributed by atoms with E-state index in [9.17, 15) is 4.39 Å². The zero-order valence-corrected chi connectivity index (χ0v) is 13.3. The molecule has 0 bridgehead atoms. The first-order valence-electron chi connectivity index (χ1n) is 7.31. The lowest BCUT2D eigenvalue weighted by atomic mass is 10.2. The molecular weight excluding hydrogens is 325 g/mol. The predicted molar refractivity (Wildman–Crippen MR) is 90.0 cm³/mol. The number of pyridine rings is 1. The van der Waals surface area contributed by atoms with E-state index < -0.39 is 0 Å². The second-order valence-electron chi connectivity index (χ2n) is 5.06. The molecule has 1 aromatic carbocycles. The lowest BCUT2D eigenvalue weighted by Crippen LogP contribution is -1.98. The average molecular weight is 337 g/mol. The van der Waals surface area contributed by atoms with Gasteiger partial charge in [-0.25, -0.2) is 4.39 Å². The molecular formula is C17H12FN5S. The first-order chi connectivity index (χ1) is 11.8. The smallest absolute Gasteiger partial charge is 0.203 e. The van der Waals surface area contributed by atoms with Gasteiger partial charge in [0, 0.05) is 11.9 Å². The molecule has 0 amide bonds. The van der Waals surface area contributed by atoms with Crippen LogP contribution in [0.1, 0.15) is 5.56 Å². The molecule has 7 heteroatoms. The highest BCUT2D eigenvalue weighted by Crippen LogP contribution is 2.23. The van der Waals surface area contributed by atoms with E-state index in [4.69, 9.17) is 0 Å². The van der Waals surface area contributed by atoms with Gasteiger partial charge in [-0.15, -0.1) is 10.2 Å². The van der Waals surface area contributed by atoms with Gasteiger partial charge in [-0.05, 0) is 35.9 Å². The van der Waals surface area contributed by atoms with E-state index in [0.717, 1.165) is 5.03 Å². The summed E-state index contributed by atoms with van der Waals surface area (Å²) in [7, 11) is 0. The van der Waals surface area contributed by atoms with Crippen LogP contribution in [0.2, 0.25) is 0 Å². The molecule has 0 aliphatic rings. The Bertz CT molecular complexity index is 987. The van der Waals surface area contributed by atoms with E-state index in [1.165, 1.54) is 17.8 Å². The zero-order valence-electron chi connectivity index (χ0n) is 12.5. The summed E-state index contributed by atoms with van der Waals surface area (Å²) in [6.45, 7) is 0. The lowest BCUT2D eigenvalue weighted by Gasteiger charge is -2.04. The van der Waals surface area contributed by atoms with E-state index >= 15 is 0 Å². The van der Waals surface area contributed by atoms with E-state index in [1.54, 1.807) is 22.8 Å². The van der Waals surface area contributed by atoms with Gasteiger partial charge in [-0.3, -0.25) is 4.98 Å². The minimum atomic E-state index is -0.204. The Morgan fingerprint density at radius 2 is 1.83 bits per heavy atom. The third-order valence-corrected chi connectivity index (χ3v) is 4.43. The Morgan fingerprint density at radius 3 is 2.67 bits per heavy atom. The first-order valence-corrected chi connectivity index (χ1v) is 8.30. The minimum absolute atomic E-state index is 0.204. The van der Waals surface area contributed by atoms with Gasteiger partial charge in [0.2, 0.25) is 5.82 Å². The van der Waals surface area contributed by atoms with Gasteiger partial charge in [-0.2, -0.15) is 9.61 Å². The number of rotatable bonds is 4. The van der Waals surface area contributed by atoms with Crippen LogP contribution in [0.3, 0.4) is 0 Å². The number of fused-ring (bicyclic) bond motifs is 1. The molecule has 4 rings (SSSR count). The molecule has 118 valence electrons. The molecule has 0 saturated heterocycles. The summed E-state index contributed by atoms with van der Waals surface area (Å²) in [5.41, 5.74) is 2.00. The van der Waals surface area contributed by atoms with Crippen LogP contribution in [-0.4, -0.2) is 24.8 Å². The van der Waals surface area contributed by atoms with E-state index in [0.29, 0.717) is 28.5 Å². The van der Waals surface area contributed by atoms with E-state index in [2.05, 4.69) is 20.3 Å². The second kappa shape index (κ2) is 6.37. The number of thioether (sulfide) groups is 1. The molecule has 3 heterocycles. The summed E-state index contributed by atoms with van der Waals surface area (Å²) in [6.07, 6.45) is 1.70. The highest BCUT2D eigenvalue weighted by atomic mass is 32.2. The number of hydrogen-bond donors (Lipinski definition) is 0. The van der Waals surface area contributed by atoms with E-state index in [-0.39, 0.29) is 5.82 Å². The molecule has 0 aliphatic heterocycles. The number of halogens is 1. The van der Waals surface area contributed by atoms with E-state index in [1.807, 2.05) is 36.4 Å². The van der Waals surface area contributed by atoms with Crippen molar-refractivity contribution in [2.24, 2.45) is 0 Å². The lowest BCUT2D eigenvalue weighted by molar-refractivity contribution is 0.617. The van der Waals surface area contributed by atoms with Crippen LogP contribution in [0.4, 0.5) is 4.39 Å². The molecule has 0 saturated carbocycles. The molecule has 24 heavy (non-hydrogen) atoms. The molecule has 0 spiro atoms. The van der Waals surface area contributed by atoms with Crippen molar-refractivity contribution in [2.45, 2.75) is 10.8 Å². The average Bonchev–Trinajstić information content (AvgIpc) is 3.05. The van der Waals surface area contributed by atoms with Crippen LogP contribution < -0.4 is 0 Å². The van der Waals surface area contributed by atoms with Crippen LogP contribution in [0, 0.1) is 5.82 Å². The molecule has 0 aliphatic carbocycles. The molecule has 0 N–H and O–H groups in total. The van der Waals surface area contributed by atoms with Gasteiger partial charge >= 0.3 is 0 Å². The summed E-state index contributed by atoms with van der Waals surface area (Å²) in [6, 6.07) is 16.0. The highest BCUT2D eigenvalue weighted by molar-refractivity contribution is 7.98. The van der Waals surface area contributed by atoms with Gasteiger partial charge in [0.15, 0.2) is 5.65 Å². The maximum absolute atomic E-state index is 13.7. The second-order valence-corrected chi connectivity index (χ2v) is 6.06. The molecule has 0 unspecified atom stereocenters. The van der Waals surface area contributed by atoms with Gasteiger partial charge in [-0.1, -0.05) is 36.0 Å². The van der Waals surface area contributed by atoms with Gasteiger partial charge in [0.05, 0.1) is 0 Å².